The lowest BCUT2D eigenvalue weighted by Gasteiger charge is -2.26. The molecule has 1 fully saturated rings. The number of carbonyl (C=O) groups is 2. The number of non-ortho nitro benzene ring substituents is 1. The number of likely N-dealkylation sites (tertiary alicyclic amines) is 1. The first kappa shape index (κ1) is 26.6. The smallest absolute Gasteiger partial charge is 0.295 e. The minimum Gasteiger partial charge on any atom is -0.507 e. The lowest BCUT2D eigenvalue weighted by atomic mass is 9.95. The average Bonchev–Trinajstić information content (AvgIpc) is 3.15. The van der Waals surface area contributed by atoms with Crippen molar-refractivity contribution in [2.75, 3.05) is 27.2 Å². The van der Waals surface area contributed by atoms with Crippen LogP contribution in [0.4, 0.5) is 5.69 Å². The molecule has 3 aromatic carbocycles. The number of aryl methyl sites for hydroxylation is 1. The highest BCUT2D eigenvalue weighted by molar-refractivity contribution is 6.46. The van der Waals surface area contributed by atoms with Gasteiger partial charge in [0, 0.05) is 30.8 Å². The zero-order valence-electron chi connectivity index (χ0n) is 21.5. The number of likely N-dealkylation sites (N-methyl/N-ethyl adjacent to an activating group) is 1. The van der Waals surface area contributed by atoms with E-state index in [2.05, 4.69) is 0 Å². The Kier molecular flexibility index (Phi) is 7.87. The molecule has 4 rings (SSSR count). The average molecular weight is 516 g/mol. The molecule has 0 aromatic heterocycles. The van der Waals surface area contributed by atoms with Crippen LogP contribution in [0.15, 0.2) is 78.4 Å². The van der Waals surface area contributed by atoms with E-state index < -0.39 is 22.7 Å². The molecule has 1 N–H and O–H groups in total. The molecule has 1 saturated heterocycles. The summed E-state index contributed by atoms with van der Waals surface area (Å²) in [6, 6.07) is 19.4. The van der Waals surface area contributed by atoms with Crippen molar-refractivity contribution in [1.82, 2.24) is 9.80 Å². The third-order valence-electron chi connectivity index (χ3n) is 6.34. The van der Waals surface area contributed by atoms with Crippen molar-refractivity contribution in [2.45, 2.75) is 19.6 Å². The minimum absolute atomic E-state index is 0.109. The van der Waals surface area contributed by atoms with Crippen LogP contribution in [0.25, 0.3) is 5.76 Å². The van der Waals surface area contributed by atoms with Gasteiger partial charge in [-0.25, -0.2) is 0 Å². The number of hydrogen-bond donors (Lipinski definition) is 1. The Balaban J connectivity index is 1.68. The Labute approximate surface area is 220 Å². The van der Waals surface area contributed by atoms with Gasteiger partial charge in [0.1, 0.15) is 18.1 Å². The second-order valence-corrected chi connectivity index (χ2v) is 9.45. The second kappa shape index (κ2) is 11.3. The molecule has 0 aliphatic carbocycles. The summed E-state index contributed by atoms with van der Waals surface area (Å²) in [5.74, 6) is -1.37. The number of Topliss-reactive ketones (excluding diaryl/α,β-unsaturated/α-hetero) is 1. The van der Waals surface area contributed by atoms with Gasteiger partial charge in [-0.15, -0.1) is 0 Å². The van der Waals surface area contributed by atoms with Crippen molar-refractivity contribution in [3.05, 3.63) is 111 Å². The normalized spacial score (nSPS) is 16.7. The van der Waals surface area contributed by atoms with Crippen LogP contribution >= 0.6 is 0 Å². The highest BCUT2D eigenvalue weighted by Crippen LogP contribution is 2.40. The highest BCUT2D eigenvalue weighted by Gasteiger charge is 2.46. The van der Waals surface area contributed by atoms with Gasteiger partial charge in [0.05, 0.1) is 16.5 Å². The number of nitrogens with zero attached hydrogens (tertiary/aromatic N) is 3. The van der Waals surface area contributed by atoms with E-state index in [4.69, 9.17) is 4.74 Å². The van der Waals surface area contributed by atoms with Crippen molar-refractivity contribution in [2.24, 2.45) is 0 Å². The molecule has 38 heavy (non-hydrogen) atoms. The Bertz CT molecular complexity index is 1400. The first-order valence-electron chi connectivity index (χ1n) is 12.1. The van der Waals surface area contributed by atoms with E-state index >= 15 is 0 Å². The van der Waals surface area contributed by atoms with E-state index in [1.807, 2.05) is 50.2 Å². The van der Waals surface area contributed by atoms with Gasteiger partial charge in [-0.3, -0.25) is 19.7 Å². The first-order chi connectivity index (χ1) is 18.2. The second-order valence-electron chi connectivity index (χ2n) is 9.45. The fourth-order valence-electron chi connectivity index (χ4n) is 4.41. The molecule has 196 valence electrons. The Morgan fingerprint density at radius 1 is 1.05 bits per heavy atom. The number of aliphatic hydroxyl groups excluding tert-OH is 1. The molecule has 3 aromatic rings. The fraction of sp³-hybridized carbons (Fsp3) is 0.241. The van der Waals surface area contributed by atoms with Crippen LogP contribution in [0.5, 0.6) is 5.75 Å². The summed E-state index contributed by atoms with van der Waals surface area (Å²) in [4.78, 5) is 40.3. The number of benzene rings is 3. The number of amides is 1. The van der Waals surface area contributed by atoms with Crippen LogP contribution in [-0.4, -0.2) is 58.7 Å². The summed E-state index contributed by atoms with van der Waals surface area (Å²) in [5, 5.41) is 22.6. The zero-order valence-corrected chi connectivity index (χ0v) is 21.5. The van der Waals surface area contributed by atoms with E-state index in [1.165, 1.54) is 23.1 Å². The van der Waals surface area contributed by atoms with Crippen LogP contribution < -0.4 is 4.74 Å². The molecule has 1 amide bonds. The molecule has 1 atom stereocenters. The van der Waals surface area contributed by atoms with Gasteiger partial charge < -0.3 is 19.6 Å². The molecule has 0 unspecified atom stereocenters. The topological polar surface area (TPSA) is 113 Å². The number of nitro groups is 1. The largest absolute Gasteiger partial charge is 0.507 e. The van der Waals surface area contributed by atoms with Crippen molar-refractivity contribution in [3.63, 3.8) is 0 Å². The van der Waals surface area contributed by atoms with Gasteiger partial charge in [-0.1, -0.05) is 42.0 Å². The fourth-order valence-corrected chi connectivity index (χ4v) is 4.41. The Morgan fingerprint density at radius 3 is 2.42 bits per heavy atom. The van der Waals surface area contributed by atoms with Gasteiger partial charge in [-0.2, -0.15) is 0 Å². The van der Waals surface area contributed by atoms with Crippen molar-refractivity contribution in [3.8, 4) is 5.75 Å². The highest BCUT2D eigenvalue weighted by atomic mass is 16.6. The predicted molar refractivity (Wildman–Crippen MR) is 143 cm³/mol. The molecule has 1 heterocycles. The summed E-state index contributed by atoms with van der Waals surface area (Å²) in [6.45, 7) is 3.04. The van der Waals surface area contributed by atoms with Gasteiger partial charge >= 0.3 is 0 Å². The van der Waals surface area contributed by atoms with E-state index in [1.54, 1.807) is 30.3 Å². The van der Waals surface area contributed by atoms with Crippen LogP contribution in [-0.2, 0) is 16.2 Å². The van der Waals surface area contributed by atoms with Crippen LogP contribution in [0.1, 0.15) is 28.3 Å². The van der Waals surface area contributed by atoms with Gasteiger partial charge in [0.25, 0.3) is 17.4 Å². The molecule has 9 nitrogen and oxygen atoms in total. The number of hydrogen-bond acceptors (Lipinski definition) is 7. The van der Waals surface area contributed by atoms with E-state index in [9.17, 15) is 24.8 Å². The monoisotopic (exact) mass is 515 g/mol. The van der Waals surface area contributed by atoms with Crippen LogP contribution in [0.2, 0.25) is 0 Å². The molecule has 9 heteroatoms. The molecule has 0 bridgehead atoms. The number of ether oxygens (including phenoxy) is 1. The van der Waals surface area contributed by atoms with Crippen LogP contribution in [0.3, 0.4) is 0 Å². The minimum atomic E-state index is -0.966. The molecular weight excluding hydrogens is 486 g/mol. The lowest BCUT2D eigenvalue weighted by Crippen LogP contribution is -2.35. The first-order valence-corrected chi connectivity index (χ1v) is 12.1. The number of rotatable bonds is 9. The number of nitro benzene ring substituents is 1. The molecular formula is C29H29N3O6. The Morgan fingerprint density at radius 2 is 1.76 bits per heavy atom. The number of carbonyl (C=O) groups excluding carboxylic acids is 2. The summed E-state index contributed by atoms with van der Waals surface area (Å²) in [5.41, 5.74) is 2.57. The van der Waals surface area contributed by atoms with Gasteiger partial charge in [0.2, 0.25) is 0 Å². The molecule has 0 saturated carbocycles. The SMILES string of the molecule is Cc1cccc(COc2ccc(/C(O)=C3\C(=O)C(=O)N(CCN(C)C)[C@@H]3c3cccc([N+](=O)[O-])c3)cc2)c1. The standard InChI is InChI=1S/C29H29N3O6/c1-19-6-4-7-20(16-19)18-38-24-12-10-21(11-13-24)27(33)25-26(22-8-5-9-23(17-22)32(36)37)31(15-14-30(2)3)29(35)28(25)34/h4-13,16-17,26,33H,14-15,18H2,1-3H3/b27-25+/t26-/m1/s1. The van der Waals surface area contributed by atoms with Gasteiger partial charge in [0.15, 0.2) is 0 Å². The van der Waals surface area contributed by atoms with Crippen molar-refractivity contribution >= 4 is 23.1 Å². The maximum atomic E-state index is 13.2. The molecule has 1 aliphatic rings. The van der Waals surface area contributed by atoms with Crippen molar-refractivity contribution < 1.29 is 24.4 Å². The molecule has 0 radical (unpaired) electrons. The predicted octanol–water partition coefficient (Wildman–Crippen LogP) is 4.47. The third kappa shape index (κ3) is 5.73. The number of aliphatic hydroxyl groups is 1. The maximum Gasteiger partial charge on any atom is 0.295 e. The summed E-state index contributed by atoms with van der Waals surface area (Å²) >= 11 is 0. The molecule has 1 aliphatic heterocycles. The quantitative estimate of drug-likeness (QED) is 0.147. The summed E-state index contributed by atoms with van der Waals surface area (Å²) < 4.78 is 5.85. The van der Waals surface area contributed by atoms with Crippen LogP contribution in [0, 0.1) is 17.0 Å². The van der Waals surface area contributed by atoms with E-state index in [0.29, 0.717) is 30.0 Å². The summed E-state index contributed by atoms with van der Waals surface area (Å²) in [6.07, 6.45) is 0. The Hall–Kier alpha value is -4.50. The summed E-state index contributed by atoms with van der Waals surface area (Å²) in [7, 11) is 3.67. The van der Waals surface area contributed by atoms with E-state index in [-0.39, 0.29) is 23.6 Å². The van der Waals surface area contributed by atoms with Crippen molar-refractivity contribution in [1.29, 1.82) is 0 Å². The maximum absolute atomic E-state index is 13.2. The lowest BCUT2D eigenvalue weighted by molar-refractivity contribution is -0.384. The third-order valence-corrected chi connectivity index (χ3v) is 6.34. The number of ketones is 1. The van der Waals surface area contributed by atoms with Gasteiger partial charge in [-0.05, 0) is 56.4 Å². The zero-order chi connectivity index (χ0) is 27.4. The molecule has 0 spiro atoms. The van der Waals surface area contributed by atoms with E-state index in [0.717, 1.165) is 11.1 Å².